The van der Waals surface area contributed by atoms with Crippen molar-refractivity contribution in [1.29, 1.82) is 0 Å². The minimum absolute atomic E-state index is 0.198. The van der Waals surface area contributed by atoms with Crippen molar-refractivity contribution in [3.05, 3.63) is 64.7 Å². The van der Waals surface area contributed by atoms with Crippen molar-refractivity contribution in [2.45, 2.75) is 62.5 Å². The van der Waals surface area contributed by atoms with Gasteiger partial charge in [0.25, 0.3) is 5.91 Å². The Balaban J connectivity index is 1.23. The predicted octanol–water partition coefficient (Wildman–Crippen LogP) is -2.30. The maximum atomic E-state index is 13.0. The van der Waals surface area contributed by atoms with Gasteiger partial charge in [0, 0.05) is 36.1 Å². The van der Waals surface area contributed by atoms with Crippen LogP contribution in [0.15, 0.2) is 42.5 Å². The number of fused-ring (bicyclic) bond motifs is 1. The number of rotatable bonds is 6. The Labute approximate surface area is 221 Å². The molecule has 3 aliphatic rings. The van der Waals surface area contributed by atoms with Gasteiger partial charge < -0.3 is 19.3 Å². The Morgan fingerprint density at radius 2 is 1.62 bits per heavy atom. The average Bonchev–Trinajstić information content (AvgIpc) is 3.21. The van der Waals surface area contributed by atoms with Gasteiger partial charge in [-0.25, -0.2) is 0 Å². The molecule has 0 saturated carbocycles. The highest BCUT2D eigenvalue weighted by Gasteiger charge is 2.40. The van der Waals surface area contributed by atoms with Gasteiger partial charge in [0.2, 0.25) is 11.8 Å². The molecular weight excluding hydrogens is 466 g/mol. The molecule has 37 heavy (non-hydrogen) atoms. The molecule has 5 unspecified atom stereocenters. The summed E-state index contributed by atoms with van der Waals surface area (Å²) >= 11 is 0. The van der Waals surface area contributed by atoms with Crippen molar-refractivity contribution < 1.29 is 23.9 Å². The number of ether oxygens (including phenoxy) is 2. The van der Waals surface area contributed by atoms with E-state index in [1.165, 1.54) is 5.56 Å². The lowest BCUT2D eigenvalue weighted by atomic mass is 9.69. The monoisotopic (exact) mass is 497 g/mol. The number of morpholine rings is 1. The van der Waals surface area contributed by atoms with E-state index in [9.17, 15) is 14.4 Å². The van der Waals surface area contributed by atoms with Crippen LogP contribution in [0, 0.1) is 0 Å². The molecule has 1 N–H and O–H groups in total. The lowest BCUT2D eigenvalue weighted by molar-refractivity contribution is -0.136. The van der Waals surface area contributed by atoms with Gasteiger partial charge in [-0.15, -0.1) is 0 Å². The zero-order chi connectivity index (χ0) is 26.3. The number of hydrogen-bond acceptors (Lipinski definition) is 6. The summed E-state index contributed by atoms with van der Waals surface area (Å²) < 4.78 is 12.2. The summed E-state index contributed by atoms with van der Waals surface area (Å²) in [6.45, 7) is 1.54. The van der Waals surface area contributed by atoms with Crippen LogP contribution in [0.3, 0.4) is 0 Å². The van der Waals surface area contributed by atoms with E-state index in [4.69, 9.17) is 9.47 Å². The molecule has 3 aliphatic heterocycles. The van der Waals surface area contributed by atoms with Crippen LogP contribution >= 0.6 is 0 Å². The van der Waals surface area contributed by atoms with Gasteiger partial charge in [0.05, 0.1) is 6.54 Å². The molecule has 3 heterocycles. The molecule has 0 radical (unpaired) electrons. The number of nitrogens with one attached hydrogen (secondary N) is 1. The number of piperidine rings is 1. The topological polar surface area (TPSA) is 88.2 Å². The molecule has 2 aromatic rings. The first-order valence-corrected chi connectivity index (χ1v) is 13.1. The van der Waals surface area contributed by atoms with Crippen LogP contribution < -0.4 is 10.1 Å². The lowest BCUT2D eigenvalue weighted by Gasteiger charge is -2.47. The first-order valence-electron chi connectivity index (χ1n) is 13.1. The highest BCUT2D eigenvalue weighted by molar-refractivity contribution is 6.24. The molecular formula is C25H31B4N3O5. The number of imide groups is 1. The minimum Gasteiger partial charge on any atom is -0.489 e. The third-order valence-corrected chi connectivity index (χ3v) is 8.16. The summed E-state index contributed by atoms with van der Waals surface area (Å²) in [6.07, 6.45) is 0.573. The molecule has 0 aliphatic carbocycles. The van der Waals surface area contributed by atoms with Gasteiger partial charge in [-0.3, -0.25) is 19.7 Å². The van der Waals surface area contributed by atoms with Crippen LogP contribution in [0.1, 0.15) is 39.9 Å². The van der Waals surface area contributed by atoms with E-state index in [1.807, 2.05) is 6.07 Å². The summed E-state index contributed by atoms with van der Waals surface area (Å²) in [5.74, 6) is 0.426. The highest BCUT2D eigenvalue weighted by atomic mass is 16.5. The van der Waals surface area contributed by atoms with Gasteiger partial charge in [-0.05, 0) is 41.6 Å². The van der Waals surface area contributed by atoms with Crippen molar-refractivity contribution >= 4 is 49.1 Å². The van der Waals surface area contributed by atoms with Gasteiger partial charge in [-0.2, -0.15) is 0 Å². The van der Waals surface area contributed by atoms with E-state index in [1.54, 1.807) is 17.0 Å². The summed E-state index contributed by atoms with van der Waals surface area (Å²) in [6, 6.07) is 13.6. The lowest BCUT2D eigenvalue weighted by Crippen LogP contribution is -2.61. The fourth-order valence-electron chi connectivity index (χ4n) is 5.57. The third kappa shape index (κ3) is 5.09. The fourth-order valence-corrected chi connectivity index (χ4v) is 5.57. The predicted molar refractivity (Wildman–Crippen MR) is 149 cm³/mol. The zero-order valence-electron chi connectivity index (χ0n) is 21.9. The molecule has 188 valence electrons. The molecule has 2 fully saturated rings. The summed E-state index contributed by atoms with van der Waals surface area (Å²) in [5, 5.41) is 2.34. The van der Waals surface area contributed by atoms with Crippen molar-refractivity contribution in [3.8, 4) is 5.75 Å². The largest absolute Gasteiger partial charge is 0.489 e. The van der Waals surface area contributed by atoms with Crippen LogP contribution in [0.4, 0.5) is 0 Å². The number of hydrogen-bond donors (Lipinski definition) is 1. The summed E-state index contributed by atoms with van der Waals surface area (Å²) in [5.41, 5.74) is 3.62. The maximum Gasteiger partial charge on any atom is 0.255 e. The van der Waals surface area contributed by atoms with Gasteiger partial charge in [-0.1, -0.05) is 30.3 Å². The van der Waals surface area contributed by atoms with Crippen molar-refractivity contribution in [3.63, 3.8) is 0 Å². The molecule has 0 spiro atoms. The standard InChI is InChI=1S/C25H31B4N3O5/c26-20-22(28)37-23(29)21(27)32(20)10-13-4-6-14(7-5-13)12-36-18-3-1-2-15-16(18)11-31(25(15)35)17-8-9-19(33)30-24(17)34/h1-7,17,20-23H,8-12,26-29H2,(H,30,33,34). The Kier molecular flexibility index (Phi) is 7.23. The SMILES string of the molecule is BC1OC(B)C(B)N(Cc2ccc(COc3cccc4c3CN(C3CCC(=O)NC3=O)C4=O)cc2)C1B. The van der Waals surface area contributed by atoms with Crippen molar-refractivity contribution in [2.75, 3.05) is 0 Å². The Hall–Kier alpha value is -2.97. The van der Waals surface area contributed by atoms with Gasteiger partial charge in [0.15, 0.2) is 0 Å². The van der Waals surface area contributed by atoms with Crippen LogP contribution in [0.2, 0.25) is 0 Å². The van der Waals surface area contributed by atoms with E-state index in [0.29, 0.717) is 42.8 Å². The van der Waals surface area contributed by atoms with E-state index in [2.05, 4.69) is 65.9 Å². The quantitative estimate of drug-likeness (QED) is 0.357. The first kappa shape index (κ1) is 25.7. The number of carbonyl (C=O) groups is 3. The van der Waals surface area contributed by atoms with Crippen molar-refractivity contribution in [2.24, 2.45) is 0 Å². The smallest absolute Gasteiger partial charge is 0.255 e. The number of amides is 3. The van der Waals surface area contributed by atoms with Gasteiger partial charge >= 0.3 is 0 Å². The van der Waals surface area contributed by atoms with Crippen LogP contribution in [-0.2, 0) is 34.0 Å². The highest BCUT2D eigenvalue weighted by Crippen LogP contribution is 2.34. The molecule has 3 amide bonds. The fraction of sp³-hybridized carbons (Fsp3) is 0.400. The maximum absolute atomic E-state index is 13.0. The number of carbonyl (C=O) groups excluding carboxylic acids is 3. The summed E-state index contributed by atoms with van der Waals surface area (Å²) in [4.78, 5) is 40.9. The minimum atomic E-state index is -0.638. The number of benzene rings is 2. The second-order valence-electron chi connectivity index (χ2n) is 10.5. The first-order chi connectivity index (χ1) is 17.7. The normalized spacial score (nSPS) is 28.2. The van der Waals surface area contributed by atoms with E-state index in [0.717, 1.165) is 17.7 Å². The molecule has 5 rings (SSSR count). The Morgan fingerprint density at radius 3 is 2.30 bits per heavy atom. The molecule has 2 aromatic carbocycles. The van der Waals surface area contributed by atoms with Crippen LogP contribution in [0.5, 0.6) is 5.75 Å². The van der Waals surface area contributed by atoms with Crippen LogP contribution in [-0.4, -0.2) is 88.8 Å². The van der Waals surface area contributed by atoms with E-state index in [-0.39, 0.29) is 30.2 Å². The van der Waals surface area contributed by atoms with Crippen molar-refractivity contribution in [1.82, 2.24) is 15.1 Å². The van der Waals surface area contributed by atoms with E-state index >= 15 is 0 Å². The molecule has 8 nitrogen and oxygen atoms in total. The Bertz CT molecular complexity index is 1200. The second kappa shape index (κ2) is 10.4. The zero-order valence-corrected chi connectivity index (χ0v) is 21.9. The molecule has 2 saturated heterocycles. The average molecular weight is 497 g/mol. The molecule has 5 atom stereocenters. The second-order valence-corrected chi connectivity index (χ2v) is 10.5. The van der Waals surface area contributed by atoms with E-state index < -0.39 is 11.9 Å². The summed E-state index contributed by atoms with van der Waals surface area (Å²) in [7, 11) is 8.72. The molecule has 0 bridgehead atoms. The number of nitrogens with zero attached hydrogens (tertiary/aromatic N) is 2. The molecule has 12 heteroatoms. The van der Waals surface area contributed by atoms with Gasteiger partial charge in [0.1, 0.15) is 49.8 Å². The van der Waals surface area contributed by atoms with Crippen LogP contribution in [0.25, 0.3) is 0 Å². The molecule has 0 aromatic heterocycles. The Morgan fingerprint density at radius 1 is 0.946 bits per heavy atom. The third-order valence-electron chi connectivity index (χ3n) is 8.16.